The SMILES string of the molecule is O=C(NCc1cccnc1)c1nn2c(C(F)(F)F)cc(-c3ccc(F)cc3)nc2c1Cl. The van der Waals surface area contributed by atoms with Gasteiger partial charge in [0, 0.05) is 24.5 Å². The van der Waals surface area contributed by atoms with Crippen molar-refractivity contribution in [1.29, 1.82) is 0 Å². The molecular formula is C20H12ClF4N5O. The average Bonchev–Trinajstić information content (AvgIpc) is 3.08. The van der Waals surface area contributed by atoms with Gasteiger partial charge in [0.05, 0.1) is 5.69 Å². The van der Waals surface area contributed by atoms with Gasteiger partial charge in [0.25, 0.3) is 5.91 Å². The topological polar surface area (TPSA) is 72.2 Å². The number of aromatic nitrogens is 4. The lowest BCUT2D eigenvalue weighted by Gasteiger charge is -2.11. The molecule has 0 aliphatic heterocycles. The molecule has 0 aliphatic rings. The largest absolute Gasteiger partial charge is 0.433 e. The first-order valence-electron chi connectivity index (χ1n) is 8.83. The van der Waals surface area contributed by atoms with Crippen LogP contribution in [0.25, 0.3) is 16.9 Å². The number of fused-ring (bicyclic) bond motifs is 1. The van der Waals surface area contributed by atoms with Crippen LogP contribution in [-0.4, -0.2) is 25.5 Å². The van der Waals surface area contributed by atoms with Crippen LogP contribution in [0.15, 0.2) is 54.9 Å². The number of alkyl halides is 3. The van der Waals surface area contributed by atoms with E-state index in [1.807, 2.05) is 0 Å². The van der Waals surface area contributed by atoms with Crippen LogP contribution >= 0.6 is 11.6 Å². The molecule has 1 aromatic carbocycles. The maximum Gasteiger partial charge on any atom is 0.433 e. The first-order valence-corrected chi connectivity index (χ1v) is 9.21. The molecule has 4 aromatic rings. The fourth-order valence-electron chi connectivity index (χ4n) is 2.88. The number of pyridine rings is 1. The quantitative estimate of drug-likeness (QED) is 0.465. The molecular weight excluding hydrogens is 438 g/mol. The molecule has 4 rings (SSSR count). The van der Waals surface area contributed by atoms with Gasteiger partial charge < -0.3 is 5.32 Å². The molecule has 0 bridgehead atoms. The zero-order chi connectivity index (χ0) is 22.2. The van der Waals surface area contributed by atoms with Crippen LogP contribution in [0.1, 0.15) is 21.7 Å². The Labute approximate surface area is 177 Å². The van der Waals surface area contributed by atoms with Crippen LogP contribution < -0.4 is 5.32 Å². The number of hydrogen-bond donors (Lipinski definition) is 1. The maximum absolute atomic E-state index is 13.7. The van der Waals surface area contributed by atoms with Crippen LogP contribution in [-0.2, 0) is 12.7 Å². The summed E-state index contributed by atoms with van der Waals surface area (Å²) in [6, 6.07) is 8.95. The molecule has 0 radical (unpaired) electrons. The predicted octanol–water partition coefficient (Wildman–Crippen LogP) is 4.53. The molecule has 0 saturated heterocycles. The van der Waals surface area contributed by atoms with Gasteiger partial charge >= 0.3 is 6.18 Å². The smallest absolute Gasteiger partial charge is 0.346 e. The predicted molar refractivity (Wildman–Crippen MR) is 104 cm³/mol. The number of nitrogens with zero attached hydrogens (tertiary/aromatic N) is 4. The van der Waals surface area contributed by atoms with Crippen molar-refractivity contribution in [2.75, 3.05) is 0 Å². The van der Waals surface area contributed by atoms with Gasteiger partial charge in [-0.1, -0.05) is 17.7 Å². The van der Waals surface area contributed by atoms with E-state index in [0.717, 1.165) is 18.2 Å². The second-order valence-corrected chi connectivity index (χ2v) is 6.85. The second-order valence-electron chi connectivity index (χ2n) is 6.47. The number of halogens is 5. The van der Waals surface area contributed by atoms with Gasteiger partial charge in [-0.2, -0.15) is 18.3 Å². The number of carbonyl (C=O) groups is 1. The van der Waals surface area contributed by atoms with Crippen LogP contribution in [0, 0.1) is 5.82 Å². The molecule has 11 heteroatoms. The second kappa shape index (κ2) is 7.95. The monoisotopic (exact) mass is 449 g/mol. The molecule has 3 aromatic heterocycles. The number of nitrogens with one attached hydrogen (secondary N) is 1. The number of rotatable bonds is 4. The van der Waals surface area contributed by atoms with E-state index < -0.39 is 29.3 Å². The van der Waals surface area contributed by atoms with Gasteiger partial charge in [-0.05, 0) is 42.0 Å². The Kier molecular flexibility index (Phi) is 5.32. The Morgan fingerprint density at radius 3 is 2.55 bits per heavy atom. The lowest BCUT2D eigenvalue weighted by molar-refractivity contribution is -0.142. The van der Waals surface area contributed by atoms with E-state index >= 15 is 0 Å². The zero-order valence-corrected chi connectivity index (χ0v) is 16.2. The molecule has 0 aliphatic carbocycles. The molecule has 158 valence electrons. The Morgan fingerprint density at radius 2 is 1.90 bits per heavy atom. The van der Waals surface area contributed by atoms with E-state index in [2.05, 4.69) is 20.4 Å². The Bertz CT molecular complexity index is 1260. The fraction of sp³-hybridized carbons (Fsp3) is 0.100. The van der Waals surface area contributed by atoms with Crippen molar-refractivity contribution < 1.29 is 22.4 Å². The van der Waals surface area contributed by atoms with Crippen molar-refractivity contribution in [2.24, 2.45) is 0 Å². The van der Waals surface area contributed by atoms with Gasteiger partial charge in [-0.25, -0.2) is 13.9 Å². The highest BCUT2D eigenvalue weighted by atomic mass is 35.5. The lowest BCUT2D eigenvalue weighted by atomic mass is 10.1. The van der Waals surface area contributed by atoms with Crippen LogP contribution in [0.3, 0.4) is 0 Å². The Hall–Kier alpha value is -3.53. The van der Waals surface area contributed by atoms with E-state index in [4.69, 9.17) is 11.6 Å². The van der Waals surface area contributed by atoms with Gasteiger partial charge in [0.15, 0.2) is 17.0 Å². The summed E-state index contributed by atoms with van der Waals surface area (Å²) >= 11 is 6.19. The molecule has 31 heavy (non-hydrogen) atoms. The van der Waals surface area contributed by atoms with Crippen molar-refractivity contribution in [3.05, 3.63) is 82.6 Å². The molecule has 0 atom stereocenters. The summed E-state index contributed by atoms with van der Waals surface area (Å²) in [5.41, 5.74) is -1.09. The van der Waals surface area contributed by atoms with Crippen LogP contribution in [0.4, 0.5) is 17.6 Å². The minimum absolute atomic E-state index is 0.0806. The molecule has 0 fully saturated rings. The van der Waals surface area contributed by atoms with Gasteiger partial charge in [-0.3, -0.25) is 9.78 Å². The minimum atomic E-state index is -4.81. The van der Waals surface area contributed by atoms with Crippen molar-refractivity contribution in [3.63, 3.8) is 0 Å². The maximum atomic E-state index is 13.7. The molecule has 0 unspecified atom stereocenters. The summed E-state index contributed by atoms with van der Waals surface area (Å²) in [6.07, 6.45) is -1.72. The Morgan fingerprint density at radius 1 is 1.16 bits per heavy atom. The number of hydrogen-bond acceptors (Lipinski definition) is 4. The number of benzene rings is 1. The molecule has 0 spiro atoms. The Balaban J connectivity index is 1.77. The molecule has 3 heterocycles. The average molecular weight is 450 g/mol. The van der Waals surface area contributed by atoms with E-state index in [-0.39, 0.29) is 28.5 Å². The van der Waals surface area contributed by atoms with Gasteiger partial charge in [0.2, 0.25) is 0 Å². The van der Waals surface area contributed by atoms with Crippen molar-refractivity contribution in [2.45, 2.75) is 12.7 Å². The highest BCUT2D eigenvalue weighted by Gasteiger charge is 2.36. The van der Waals surface area contributed by atoms with Crippen LogP contribution in [0.2, 0.25) is 5.02 Å². The fourth-order valence-corrected chi connectivity index (χ4v) is 3.12. The third-order valence-electron chi connectivity index (χ3n) is 4.35. The van der Waals surface area contributed by atoms with Crippen LogP contribution in [0.5, 0.6) is 0 Å². The standard InChI is InChI=1S/C20H12ClF4N5O/c21-16-17(19(31)27-10-11-2-1-7-26-9-11)29-30-15(20(23,24)25)8-14(28-18(16)30)12-3-5-13(22)6-4-12/h1-9H,10H2,(H,27,31). The van der Waals surface area contributed by atoms with E-state index in [1.54, 1.807) is 18.3 Å². The van der Waals surface area contributed by atoms with E-state index in [0.29, 0.717) is 10.1 Å². The van der Waals surface area contributed by atoms with E-state index in [9.17, 15) is 22.4 Å². The van der Waals surface area contributed by atoms with Gasteiger partial charge in [-0.15, -0.1) is 0 Å². The summed E-state index contributed by atoms with van der Waals surface area (Å²) in [5, 5.41) is 5.96. The highest BCUT2D eigenvalue weighted by molar-refractivity contribution is 6.36. The normalized spacial score (nSPS) is 11.6. The van der Waals surface area contributed by atoms with Crippen molar-refractivity contribution in [1.82, 2.24) is 24.9 Å². The summed E-state index contributed by atoms with van der Waals surface area (Å²) in [6.45, 7) is 0.0806. The number of amides is 1. The first-order chi connectivity index (χ1) is 14.7. The first kappa shape index (κ1) is 20.7. The number of carbonyl (C=O) groups excluding carboxylic acids is 1. The summed E-state index contributed by atoms with van der Waals surface area (Å²) in [5.74, 6) is -1.31. The van der Waals surface area contributed by atoms with Gasteiger partial charge in [0.1, 0.15) is 10.8 Å². The van der Waals surface area contributed by atoms with E-state index in [1.165, 1.54) is 18.3 Å². The lowest BCUT2D eigenvalue weighted by Crippen LogP contribution is -2.23. The third-order valence-corrected chi connectivity index (χ3v) is 4.70. The summed E-state index contributed by atoms with van der Waals surface area (Å²) in [4.78, 5) is 20.6. The summed E-state index contributed by atoms with van der Waals surface area (Å²) in [7, 11) is 0. The molecule has 6 nitrogen and oxygen atoms in total. The molecule has 1 amide bonds. The van der Waals surface area contributed by atoms with Crippen molar-refractivity contribution in [3.8, 4) is 11.3 Å². The molecule has 0 saturated carbocycles. The molecule has 1 N–H and O–H groups in total. The summed E-state index contributed by atoms with van der Waals surface area (Å²) < 4.78 is 54.7. The highest BCUT2D eigenvalue weighted by Crippen LogP contribution is 2.34. The minimum Gasteiger partial charge on any atom is -0.346 e. The van der Waals surface area contributed by atoms with Crippen molar-refractivity contribution >= 4 is 23.2 Å². The zero-order valence-electron chi connectivity index (χ0n) is 15.5. The third kappa shape index (κ3) is 4.19.